The fraction of sp³-hybridized carbons (Fsp3) is 0.158. The number of carbonyl (C=O) groups is 1. The molecule has 0 saturated heterocycles. The standard InChI is InChI=1S/C19H16N2O3S/c1-23-13-8-6-12(7-9-13)10-17(22)20-19-21-18-14-4-2-3-5-15(14)24-11-16(18)25-19/h2-9H,10-11H2,1H3,(H,20,21,22). The second-order valence-electron chi connectivity index (χ2n) is 5.65. The molecule has 1 aliphatic heterocycles. The van der Waals surface area contributed by atoms with E-state index < -0.39 is 0 Å². The summed E-state index contributed by atoms with van der Waals surface area (Å²) in [5.74, 6) is 1.51. The highest BCUT2D eigenvalue weighted by Crippen LogP contribution is 2.40. The third kappa shape index (κ3) is 3.21. The van der Waals surface area contributed by atoms with Crippen molar-refractivity contribution in [2.75, 3.05) is 12.4 Å². The van der Waals surface area contributed by atoms with Crippen LogP contribution in [0.5, 0.6) is 11.5 Å². The lowest BCUT2D eigenvalue weighted by molar-refractivity contribution is -0.115. The first-order chi connectivity index (χ1) is 12.2. The van der Waals surface area contributed by atoms with E-state index >= 15 is 0 Å². The number of hydrogen-bond donors (Lipinski definition) is 1. The van der Waals surface area contributed by atoms with Crippen LogP contribution in [0.3, 0.4) is 0 Å². The number of aromatic nitrogens is 1. The van der Waals surface area contributed by atoms with Crippen LogP contribution in [0.25, 0.3) is 11.3 Å². The van der Waals surface area contributed by atoms with Crippen LogP contribution >= 0.6 is 11.3 Å². The Bertz CT molecular complexity index is 919. The second kappa shape index (κ2) is 6.57. The normalized spacial score (nSPS) is 11.9. The van der Waals surface area contributed by atoms with E-state index in [0.29, 0.717) is 18.2 Å². The summed E-state index contributed by atoms with van der Waals surface area (Å²) in [7, 11) is 1.62. The van der Waals surface area contributed by atoms with Crippen LogP contribution in [0.1, 0.15) is 10.4 Å². The Labute approximate surface area is 149 Å². The fourth-order valence-electron chi connectivity index (χ4n) is 2.74. The number of hydrogen-bond acceptors (Lipinski definition) is 5. The summed E-state index contributed by atoms with van der Waals surface area (Å²) >= 11 is 1.46. The van der Waals surface area contributed by atoms with Gasteiger partial charge >= 0.3 is 0 Å². The number of ether oxygens (including phenoxy) is 2. The lowest BCUT2D eigenvalue weighted by atomic mass is 10.1. The van der Waals surface area contributed by atoms with E-state index in [-0.39, 0.29) is 5.91 Å². The van der Waals surface area contributed by atoms with E-state index in [2.05, 4.69) is 10.3 Å². The van der Waals surface area contributed by atoms with Gasteiger partial charge in [-0.25, -0.2) is 4.98 Å². The Balaban J connectivity index is 1.48. The van der Waals surface area contributed by atoms with Crippen molar-refractivity contribution in [2.45, 2.75) is 13.0 Å². The summed E-state index contributed by atoms with van der Waals surface area (Å²) in [6.07, 6.45) is 0.293. The predicted molar refractivity (Wildman–Crippen MR) is 97.2 cm³/mol. The lowest BCUT2D eigenvalue weighted by Gasteiger charge is -2.15. The van der Waals surface area contributed by atoms with Crippen LogP contribution in [0.2, 0.25) is 0 Å². The number of amides is 1. The molecule has 1 N–H and O–H groups in total. The third-order valence-electron chi connectivity index (χ3n) is 3.97. The highest BCUT2D eigenvalue weighted by molar-refractivity contribution is 7.16. The van der Waals surface area contributed by atoms with Crippen molar-refractivity contribution in [2.24, 2.45) is 0 Å². The quantitative estimate of drug-likeness (QED) is 0.774. The van der Waals surface area contributed by atoms with Gasteiger partial charge in [-0.05, 0) is 29.8 Å². The maximum Gasteiger partial charge on any atom is 0.230 e. The molecule has 2 heterocycles. The van der Waals surface area contributed by atoms with Crippen LogP contribution in [0.4, 0.5) is 5.13 Å². The highest BCUT2D eigenvalue weighted by Gasteiger charge is 2.22. The lowest BCUT2D eigenvalue weighted by Crippen LogP contribution is -2.14. The first kappa shape index (κ1) is 15.7. The van der Waals surface area contributed by atoms with E-state index in [0.717, 1.165) is 33.2 Å². The number of nitrogens with zero attached hydrogens (tertiary/aromatic N) is 1. The van der Waals surface area contributed by atoms with Crippen molar-refractivity contribution in [1.29, 1.82) is 0 Å². The molecule has 2 aromatic carbocycles. The molecule has 0 saturated carbocycles. The van der Waals surface area contributed by atoms with Crippen LogP contribution in [0.15, 0.2) is 48.5 Å². The van der Waals surface area contributed by atoms with E-state index in [9.17, 15) is 4.79 Å². The van der Waals surface area contributed by atoms with Crippen molar-refractivity contribution < 1.29 is 14.3 Å². The maximum atomic E-state index is 12.3. The Morgan fingerprint density at radius 2 is 2.04 bits per heavy atom. The molecule has 1 amide bonds. The van der Waals surface area contributed by atoms with Gasteiger partial charge in [0.1, 0.15) is 18.1 Å². The summed E-state index contributed by atoms with van der Waals surface area (Å²) in [4.78, 5) is 17.9. The van der Waals surface area contributed by atoms with Gasteiger partial charge in [-0.15, -0.1) is 0 Å². The summed E-state index contributed by atoms with van der Waals surface area (Å²) in [5, 5.41) is 3.49. The largest absolute Gasteiger partial charge is 0.497 e. The molecule has 1 aromatic heterocycles. The van der Waals surface area contributed by atoms with Crippen molar-refractivity contribution in [3.05, 3.63) is 59.0 Å². The van der Waals surface area contributed by atoms with Gasteiger partial charge in [0.15, 0.2) is 5.13 Å². The number of para-hydroxylation sites is 1. The van der Waals surface area contributed by atoms with Crippen LogP contribution < -0.4 is 14.8 Å². The van der Waals surface area contributed by atoms with Crippen LogP contribution in [0, 0.1) is 0 Å². The summed E-state index contributed by atoms with van der Waals surface area (Å²) in [6.45, 7) is 0.484. The van der Waals surface area contributed by atoms with Gasteiger partial charge < -0.3 is 14.8 Å². The number of thiazole rings is 1. The molecule has 0 bridgehead atoms. The molecule has 126 valence electrons. The van der Waals surface area contributed by atoms with Gasteiger partial charge in [0.05, 0.1) is 24.1 Å². The van der Waals surface area contributed by atoms with Crippen LogP contribution in [-0.2, 0) is 17.8 Å². The minimum absolute atomic E-state index is 0.0922. The third-order valence-corrected chi connectivity index (χ3v) is 4.91. The average molecular weight is 352 g/mol. The van der Waals surface area contributed by atoms with Gasteiger partial charge in [-0.3, -0.25) is 4.79 Å². The molecular weight excluding hydrogens is 336 g/mol. The van der Waals surface area contributed by atoms with Gasteiger partial charge in [0.2, 0.25) is 5.91 Å². The first-order valence-corrected chi connectivity index (χ1v) is 8.69. The Kier molecular flexibility index (Phi) is 4.11. The van der Waals surface area contributed by atoms with Crippen molar-refractivity contribution >= 4 is 22.4 Å². The Hall–Kier alpha value is -2.86. The molecule has 0 atom stereocenters. The molecule has 0 radical (unpaired) electrons. The zero-order chi connectivity index (χ0) is 17.2. The van der Waals surface area contributed by atoms with E-state index in [4.69, 9.17) is 9.47 Å². The van der Waals surface area contributed by atoms with Gasteiger partial charge in [-0.1, -0.05) is 35.6 Å². The number of nitrogens with one attached hydrogen (secondary N) is 1. The Morgan fingerprint density at radius 1 is 1.24 bits per heavy atom. The average Bonchev–Trinajstić information content (AvgIpc) is 3.05. The number of carbonyl (C=O) groups excluding carboxylic acids is 1. The highest BCUT2D eigenvalue weighted by atomic mass is 32.1. The molecule has 4 rings (SSSR count). The molecule has 25 heavy (non-hydrogen) atoms. The molecule has 0 spiro atoms. The van der Waals surface area contributed by atoms with Crippen LogP contribution in [-0.4, -0.2) is 18.0 Å². The molecule has 3 aromatic rings. The number of fused-ring (bicyclic) bond motifs is 3. The summed E-state index contributed by atoms with van der Waals surface area (Å²) < 4.78 is 10.9. The van der Waals surface area contributed by atoms with Gasteiger partial charge in [-0.2, -0.15) is 0 Å². The fourth-order valence-corrected chi connectivity index (χ4v) is 3.64. The minimum atomic E-state index is -0.0922. The number of rotatable bonds is 4. The molecule has 0 unspecified atom stereocenters. The van der Waals surface area contributed by atoms with Crippen molar-refractivity contribution in [3.63, 3.8) is 0 Å². The van der Waals surface area contributed by atoms with E-state index in [1.807, 2.05) is 48.5 Å². The maximum absolute atomic E-state index is 12.3. The number of anilines is 1. The minimum Gasteiger partial charge on any atom is -0.497 e. The molecule has 5 nitrogen and oxygen atoms in total. The topological polar surface area (TPSA) is 60.5 Å². The van der Waals surface area contributed by atoms with Crippen molar-refractivity contribution in [3.8, 4) is 22.8 Å². The van der Waals surface area contributed by atoms with Gasteiger partial charge in [0.25, 0.3) is 0 Å². The molecule has 6 heteroatoms. The molecule has 1 aliphatic rings. The smallest absolute Gasteiger partial charge is 0.230 e. The Morgan fingerprint density at radius 3 is 2.84 bits per heavy atom. The first-order valence-electron chi connectivity index (χ1n) is 7.87. The zero-order valence-corrected chi connectivity index (χ0v) is 14.4. The molecule has 0 aliphatic carbocycles. The summed E-state index contributed by atoms with van der Waals surface area (Å²) in [6, 6.07) is 15.3. The number of methoxy groups -OCH3 is 1. The summed E-state index contributed by atoms with van der Waals surface area (Å²) in [5.41, 5.74) is 2.79. The molecular formula is C19H16N2O3S. The van der Waals surface area contributed by atoms with E-state index in [1.54, 1.807) is 7.11 Å². The predicted octanol–water partition coefficient (Wildman–Crippen LogP) is 3.89. The monoisotopic (exact) mass is 352 g/mol. The SMILES string of the molecule is COc1ccc(CC(=O)Nc2nc3c(s2)COc2ccccc2-3)cc1. The molecule has 0 fully saturated rings. The zero-order valence-electron chi connectivity index (χ0n) is 13.6. The van der Waals surface area contributed by atoms with Gasteiger partial charge in [0, 0.05) is 5.56 Å². The number of benzene rings is 2. The second-order valence-corrected chi connectivity index (χ2v) is 6.73. The van der Waals surface area contributed by atoms with Crippen molar-refractivity contribution in [1.82, 2.24) is 4.98 Å². The van der Waals surface area contributed by atoms with E-state index in [1.165, 1.54) is 11.3 Å².